The molecule has 2 aromatic heterocycles. The number of hydrogen-bond donors (Lipinski definition) is 0. The quantitative estimate of drug-likeness (QED) is 0.191. The number of piperidine rings is 1. The number of rotatable bonds is 7. The average molecular weight is 721 g/mol. The van der Waals surface area contributed by atoms with Crippen molar-refractivity contribution in [1.29, 1.82) is 0 Å². The molecule has 6 heterocycles. The van der Waals surface area contributed by atoms with E-state index in [1.807, 2.05) is 38.0 Å². The summed E-state index contributed by atoms with van der Waals surface area (Å²) in [5.74, 6) is -0.0529. The van der Waals surface area contributed by atoms with Gasteiger partial charge in [-0.25, -0.2) is 9.78 Å². The molecule has 4 aliphatic rings. The topological polar surface area (TPSA) is 134 Å². The highest BCUT2D eigenvalue weighted by Crippen LogP contribution is 2.41. The zero-order valence-electron chi connectivity index (χ0n) is 27.5. The van der Waals surface area contributed by atoms with Gasteiger partial charge in [0.2, 0.25) is 0 Å². The molecule has 0 saturated carbocycles. The number of nitrogens with zero attached hydrogens (tertiary/aromatic N) is 4. The van der Waals surface area contributed by atoms with Gasteiger partial charge in [0, 0.05) is 31.3 Å². The van der Waals surface area contributed by atoms with Gasteiger partial charge in [0.1, 0.15) is 16.7 Å². The van der Waals surface area contributed by atoms with E-state index in [9.17, 15) is 22.0 Å². The first-order chi connectivity index (χ1) is 23.3. The monoisotopic (exact) mass is 720 g/mol. The number of fused-ring (bicyclic) bond motifs is 3. The third-order valence-corrected chi connectivity index (χ3v) is 10.3. The van der Waals surface area contributed by atoms with Gasteiger partial charge in [-0.1, -0.05) is 17.7 Å². The lowest BCUT2D eigenvalue weighted by molar-refractivity contribution is -0.0489. The van der Waals surface area contributed by atoms with E-state index in [-0.39, 0.29) is 40.4 Å². The third-order valence-electron chi connectivity index (χ3n) is 8.13. The summed E-state index contributed by atoms with van der Waals surface area (Å²) in [6.07, 6.45) is 3.43. The second-order valence-corrected chi connectivity index (χ2v) is 15.5. The van der Waals surface area contributed by atoms with Gasteiger partial charge in [-0.15, -0.1) is 11.3 Å². The maximum Gasteiger partial charge on any atom is 0.410 e. The van der Waals surface area contributed by atoms with Crippen LogP contribution in [0.15, 0.2) is 57.3 Å². The van der Waals surface area contributed by atoms with Crippen LogP contribution < -0.4 is 9.64 Å². The van der Waals surface area contributed by atoms with E-state index in [1.165, 1.54) is 17.4 Å². The van der Waals surface area contributed by atoms with Crippen molar-refractivity contribution in [2.45, 2.75) is 82.3 Å². The highest BCUT2D eigenvalue weighted by Gasteiger charge is 2.49. The van der Waals surface area contributed by atoms with E-state index in [2.05, 4.69) is 14.7 Å². The molecule has 49 heavy (non-hydrogen) atoms. The predicted octanol–water partition coefficient (Wildman–Crippen LogP) is 6.63. The minimum atomic E-state index is -3.66. The number of alkyl halides is 2. The molecular formula is C33H38F2N4O8S2. The van der Waals surface area contributed by atoms with E-state index in [0.29, 0.717) is 48.5 Å². The Morgan fingerprint density at radius 3 is 2.45 bits per heavy atom. The second kappa shape index (κ2) is 14.2. The molecule has 264 valence electrons. The fourth-order valence-corrected chi connectivity index (χ4v) is 7.68. The van der Waals surface area contributed by atoms with Crippen molar-refractivity contribution in [2.24, 2.45) is 0 Å². The van der Waals surface area contributed by atoms with Gasteiger partial charge in [0.15, 0.2) is 16.8 Å². The van der Waals surface area contributed by atoms with Gasteiger partial charge in [-0.2, -0.15) is 22.2 Å². The maximum absolute atomic E-state index is 12.9. The molecule has 8 rings (SSSR count). The van der Waals surface area contributed by atoms with E-state index < -0.39 is 22.3 Å². The summed E-state index contributed by atoms with van der Waals surface area (Å²) in [5, 5.41) is 2.52. The molecule has 2 aromatic carbocycles. The zero-order chi connectivity index (χ0) is 34.9. The van der Waals surface area contributed by atoms with E-state index in [4.69, 9.17) is 18.1 Å². The lowest BCUT2D eigenvalue weighted by Crippen LogP contribution is -2.70. The van der Waals surface area contributed by atoms with Gasteiger partial charge in [-0.05, 0) is 71.2 Å². The summed E-state index contributed by atoms with van der Waals surface area (Å²) in [5.41, 5.74) is 1.68. The second-order valence-electron chi connectivity index (χ2n) is 13.0. The summed E-state index contributed by atoms with van der Waals surface area (Å²) in [7, 11) is -3.66. The first-order valence-corrected chi connectivity index (χ1v) is 18.2. The summed E-state index contributed by atoms with van der Waals surface area (Å²) in [6, 6.07) is 10.0. The van der Waals surface area contributed by atoms with Gasteiger partial charge in [0.05, 0.1) is 29.1 Å². The zero-order valence-corrected chi connectivity index (χ0v) is 29.1. The van der Waals surface area contributed by atoms with Crippen LogP contribution in [0.1, 0.15) is 45.6 Å². The first kappa shape index (κ1) is 35.0. The van der Waals surface area contributed by atoms with Crippen LogP contribution in [0.25, 0.3) is 21.7 Å². The summed E-state index contributed by atoms with van der Waals surface area (Å²) in [6.45, 7) is 6.51. The first-order valence-electron chi connectivity index (χ1n) is 15.9. The Hall–Kier alpha value is -3.86. The molecule has 4 aromatic rings. The van der Waals surface area contributed by atoms with E-state index in [1.54, 1.807) is 41.4 Å². The Morgan fingerprint density at radius 1 is 1.10 bits per heavy atom. The van der Waals surface area contributed by atoms with Crippen molar-refractivity contribution in [1.82, 2.24) is 14.9 Å². The van der Waals surface area contributed by atoms with Crippen LogP contribution in [-0.4, -0.2) is 86.1 Å². The number of ether oxygens (including phenoxy) is 3. The van der Waals surface area contributed by atoms with Crippen LogP contribution >= 0.6 is 11.3 Å². The molecular weight excluding hydrogens is 683 g/mol. The van der Waals surface area contributed by atoms with Crippen LogP contribution in [0.4, 0.5) is 19.6 Å². The molecule has 3 atom stereocenters. The number of piperazine rings is 1. The van der Waals surface area contributed by atoms with Crippen molar-refractivity contribution >= 4 is 44.7 Å². The number of benzene rings is 2. The van der Waals surface area contributed by atoms with Crippen LogP contribution in [0, 0.1) is 6.92 Å². The molecule has 0 spiro atoms. The van der Waals surface area contributed by atoms with Gasteiger partial charge in [0.25, 0.3) is 16.1 Å². The number of thiazole rings is 1. The Balaban J connectivity index is 0.000000207. The largest absolute Gasteiger partial charge is 0.444 e. The average Bonchev–Trinajstić information content (AvgIpc) is 3.73. The Bertz CT molecular complexity index is 1850. The molecule has 16 heteroatoms. The van der Waals surface area contributed by atoms with Crippen molar-refractivity contribution in [2.75, 3.05) is 31.2 Å². The van der Waals surface area contributed by atoms with Crippen molar-refractivity contribution in [3.63, 3.8) is 0 Å². The number of oxazole rings is 1. The van der Waals surface area contributed by atoms with Gasteiger partial charge < -0.3 is 23.5 Å². The number of halogens is 2. The molecule has 1 amide bonds. The molecule has 4 aliphatic heterocycles. The standard InChI is InChI=1S/C21H22F2N4O4S.C12H16O4S/c1-21(2,3)31-20(28)27-11-8-12(27)10-26(9-11)19-25-15-14(29-18(22)23)5-4-13(16(15)30-19)17-24-6-7-32-17;1-10-4-6-12(7-5-10)17(13,14)16-11-3-2-8-15-9-11/h4-7,11-12,18H,8-10H2,1-3H3;4-7,11H,2-3,8-9H2,1H3. The van der Waals surface area contributed by atoms with Crippen LogP contribution in [0.5, 0.6) is 5.75 Å². The maximum atomic E-state index is 12.9. The lowest BCUT2D eigenvalue weighted by atomic mass is 9.88. The van der Waals surface area contributed by atoms with Gasteiger partial charge >= 0.3 is 12.7 Å². The number of amides is 1. The van der Waals surface area contributed by atoms with Crippen molar-refractivity contribution < 1.29 is 44.8 Å². The number of carbonyl (C=O) groups excluding carboxylic acids is 1. The molecule has 12 nitrogen and oxygen atoms in total. The minimum Gasteiger partial charge on any atom is -0.444 e. The van der Waals surface area contributed by atoms with Crippen molar-refractivity contribution in [3.8, 4) is 16.3 Å². The predicted molar refractivity (Wildman–Crippen MR) is 178 cm³/mol. The van der Waals surface area contributed by atoms with E-state index >= 15 is 0 Å². The molecule has 4 saturated heterocycles. The highest BCUT2D eigenvalue weighted by molar-refractivity contribution is 7.86. The summed E-state index contributed by atoms with van der Waals surface area (Å²) in [4.78, 5) is 25.2. The SMILES string of the molecule is CC(C)(C)OC(=O)N1C2CC1CN(c1nc3c(OC(F)F)ccc(-c4nccs4)c3o1)C2.Cc1ccc(S(=O)(=O)OC2CCCOC2)cc1. The van der Waals surface area contributed by atoms with Crippen LogP contribution in [0.2, 0.25) is 0 Å². The number of anilines is 1. The molecule has 0 aliphatic carbocycles. The Morgan fingerprint density at radius 2 is 1.84 bits per heavy atom. The summed E-state index contributed by atoms with van der Waals surface area (Å²) < 4.78 is 76.3. The van der Waals surface area contributed by atoms with Gasteiger partial charge in [-0.3, -0.25) is 9.08 Å². The molecule has 4 fully saturated rings. The third kappa shape index (κ3) is 8.14. The molecule has 0 radical (unpaired) electrons. The fraction of sp³-hybridized carbons (Fsp3) is 0.485. The minimum absolute atomic E-state index is 0.0196. The lowest BCUT2D eigenvalue weighted by Gasteiger charge is -2.55. The number of hydrogen-bond acceptors (Lipinski definition) is 12. The van der Waals surface area contributed by atoms with Crippen molar-refractivity contribution in [3.05, 3.63) is 53.5 Å². The number of aromatic nitrogens is 2. The smallest absolute Gasteiger partial charge is 0.410 e. The molecule has 2 bridgehead atoms. The number of carbonyl (C=O) groups is 1. The Kier molecular flexibility index (Phi) is 10.1. The Labute approximate surface area is 287 Å². The normalized spacial score (nSPS) is 20.8. The van der Waals surface area contributed by atoms with E-state index in [0.717, 1.165) is 24.8 Å². The molecule has 0 N–H and O–H groups in total. The number of aryl methyl sites for hydroxylation is 1. The highest BCUT2D eigenvalue weighted by atomic mass is 32.2. The van der Waals surface area contributed by atoms with Crippen LogP contribution in [0.3, 0.4) is 0 Å². The molecule has 3 unspecified atom stereocenters. The summed E-state index contributed by atoms with van der Waals surface area (Å²) >= 11 is 1.41. The fourth-order valence-electron chi connectivity index (χ4n) is 5.93. The van der Waals surface area contributed by atoms with Crippen LogP contribution in [-0.2, 0) is 23.8 Å².